The molecule has 0 amide bonds. The molecule has 5 heteroatoms. The molecule has 0 aliphatic carbocycles. The number of nitrogen functional groups attached to an aromatic ring is 1. The fourth-order valence-corrected chi connectivity index (χ4v) is 1.67. The molecule has 0 saturated heterocycles. The summed E-state index contributed by atoms with van der Waals surface area (Å²) in [6.45, 7) is 0. The van der Waals surface area contributed by atoms with Crippen molar-refractivity contribution in [3.05, 3.63) is 23.0 Å². The maximum atomic E-state index is 12.9. The molecular formula is C7H8ClFN2S. The van der Waals surface area contributed by atoms with E-state index in [0.717, 1.165) is 4.90 Å². The Morgan fingerprint density at radius 2 is 2.25 bits per heavy atom. The van der Waals surface area contributed by atoms with Crippen molar-refractivity contribution in [3.8, 4) is 0 Å². The highest BCUT2D eigenvalue weighted by molar-refractivity contribution is 7.98. The lowest BCUT2D eigenvalue weighted by molar-refractivity contribution is 0.629. The maximum Gasteiger partial charge on any atom is 0.149 e. The van der Waals surface area contributed by atoms with Crippen molar-refractivity contribution < 1.29 is 4.39 Å². The second kappa shape index (κ2) is 3.98. The number of nitrogens with one attached hydrogen (secondary N) is 1. The molecule has 0 saturated carbocycles. The molecular weight excluding hydrogens is 199 g/mol. The minimum atomic E-state index is -0.444. The third-order valence-corrected chi connectivity index (χ3v) is 2.60. The summed E-state index contributed by atoms with van der Waals surface area (Å²) >= 11 is 7.17. The second-order valence-corrected chi connectivity index (χ2v) is 3.37. The summed E-state index contributed by atoms with van der Waals surface area (Å²) in [7, 11) is 0. The van der Waals surface area contributed by atoms with Gasteiger partial charge in [-0.15, -0.1) is 11.8 Å². The molecule has 0 aliphatic heterocycles. The van der Waals surface area contributed by atoms with E-state index in [4.69, 9.17) is 17.4 Å². The van der Waals surface area contributed by atoms with Crippen molar-refractivity contribution in [1.82, 2.24) is 0 Å². The molecule has 1 aromatic carbocycles. The quantitative estimate of drug-likeness (QED) is 0.444. The van der Waals surface area contributed by atoms with Crippen LogP contribution in [0.4, 0.5) is 10.1 Å². The van der Waals surface area contributed by atoms with E-state index >= 15 is 0 Å². The zero-order valence-electron chi connectivity index (χ0n) is 6.40. The van der Waals surface area contributed by atoms with Gasteiger partial charge in [-0.25, -0.2) is 4.39 Å². The monoisotopic (exact) mass is 206 g/mol. The molecule has 0 aliphatic rings. The first-order valence-electron chi connectivity index (χ1n) is 3.18. The number of hydrogen-bond acceptors (Lipinski definition) is 3. The molecule has 12 heavy (non-hydrogen) atoms. The topological polar surface area (TPSA) is 38.0 Å². The van der Waals surface area contributed by atoms with Crippen LogP contribution in [0.5, 0.6) is 0 Å². The van der Waals surface area contributed by atoms with Gasteiger partial charge in [0.05, 0.1) is 10.7 Å². The van der Waals surface area contributed by atoms with E-state index in [1.807, 2.05) is 6.26 Å². The lowest BCUT2D eigenvalue weighted by Gasteiger charge is -2.05. The number of nitrogens with two attached hydrogens (primary N) is 1. The zero-order chi connectivity index (χ0) is 9.14. The molecule has 0 spiro atoms. The van der Waals surface area contributed by atoms with Crippen LogP contribution in [0.1, 0.15) is 0 Å². The fraction of sp³-hybridized carbons (Fsp3) is 0.143. The summed E-state index contributed by atoms with van der Waals surface area (Å²) < 4.78 is 12.9. The highest BCUT2D eigenvalue weighted by atomic mass is 35.5. The Balaban J connectivity index is 3.18. The van der Waals surface area contributed by atoms with Crippen molar-refractivity contribution >= 4 is 29.1 Å². The van der Waals surface area contributed by atoms with Gasteiger partial charge in [-0.3, -0.25) is 5.84 Å². The van der Waals surface area contributed by atoms with Crippen LogP contribution in [0.15, 0.2) is 17.0 Å². The third-order valence-electron chi connectivity index (χ3n) is 1.40. The fourth-order valence-electron chi connectivity index (χ4n) is 0.796. The maximum absolute atomic E-state index is 12.9. The summed E-state index contributed by atoms with van der Waals surface area (Å²) in [4.78, 5) is 0.797. The van der Waals surface area contributed by atoms with E-state index in [1.165, 1.54) is 17.8 Å². The predicted octanol–water partition coefficient (Wildman–Crippen LogP) is 2.49. The number of hydrogen-bond donors (Lipinski definition) is 2. The van der Waals surface area contributed by atoms with Crippen molar-refractivity contribution in [2.75, 3.05) is 11.7 Å². The van der Waals surface area contributed by atoms with Crippen LogP contribution in [0.2, 0.25) is 5.02 Å². The van der Waals surface area contributed by atoms with Crippen molar-refractivity contribution in [2.45, 2.75) is 4.90 Å². The Hall–Kier alpha value is -0.450. The van der Waals surface area contributed by atoms with Crippen LogP contribution in [0, 0.1) is 5.82 Å². The van der Waals surface area contributed by atoms with E-state index in [1.54, 1.807) is 6.07 Å². The van der Waals surface area contributed by atoms with E-state index in [-0.39, 0.29) is 5.69 Å². The van der Waals surface area contributed by atoms with Gasteiger partial charge >= 0.3 is 0 Å². The highest BCUT2D eigenvalue weighted by Gasteiger charge is 2.06. The lowest BCUT2D eigenvalue weighted by Crippen LogP contribution is -2.08. The zero-order valence-corrected chi connectivity index (χ0v) is 7.97. The van der Waals surface area contributed by atoms with E-state index in [9.17, 15) is 4.39 Å². The summed E-state index contributed by atoms with van der Waals surface area (Å²) in [5.74, 6) is 4.64. The summed E-state index contributed by atoms with van der Waals surface area (Å²) in [5.41, 5.74) is 2.50. The van der Waals surface area contributed by atoms with Crippen molar-refractivity contribution in [3.63, 3.8) is 0 Å². The number of benzene rings is 1. The van der Waals surface area contributed by atoms with Gasteiger partial charge in [0.15, 0.2) is 0 Å². The van der Waals surface area contributed by atoms with Gasteiger partial charge < -0.3 is 5.43 Å². The summed E-state index contributed by atoms with van der Waals surface area (Å²) in [6, 6.07) is 2.81. The van der Waals surface area contributed by atoms with E-state index in [0.29, 0.717) is 5.02 Å². The first-order chi connectivity index (χ1) is 5.69. The van der Waals surface area contributed by atoms with E-state index in [2.05, 4.69) is 5.43 Å². The number of thioether (sulfide) groups is 1. The van der Waals surface area contributed by atoms with E-state index < -0.39 is 5.82 Å². The van der Waals surface area contributed by atoms with Gasteiger partial charge in [-0.2, -0.15) is 0 Å². The van der Waals surface area contributed by atoms with Crippen LogP contribution < -0.4 is 11.3 Å². The van der Waals surface area contributed by atoms with Crippen molar-refractivity contribution in [2.24, 2.45) is 5.84 Å². The van der Waals surface area contributed by atoms with Crippen LogP contribution >= 0.6 is 23.4 Å². The van der Waals surface area contributed by atoms with Gasteiger partial charge in [0.1, 0.15) is 5.82 Å². The molecule has 0 unspecified atom stereocenters. The Kier molecular flexibility index (Phi) is 3.20. The number of anilines is 1. The standard InChI is InChI=1S/C7H8ClFN2S/c1-12-7-3-6(11-10)5(9)2-4(7)8/h2-3,11H,10H2,1H3. The van der Waals surface area contributed by atoms with Crippen molar-refractivity contribution in [1.29, 1.82) is 0 Å². The van der Waals surface area contributed by atoms with Gasteiger partial charge in [0, 0.05) is 4.90 Å². The normalized spacial score (nSPS) is 10.0. The summed E-state index contributed by atoms with van der Waals surface area (Å²) in [6.07, 6.45) is 1.86. The second-order valence-electron chi connectivity index (χ2n) is 2.11. The molecule has 0 atom stereocenters. The lowest BCUT2D eigenvalue weighted by atomic mass is 10.3. The molecule has 1 aromatic rings. The molecule has 66 valence electrons. The average Bonchev–Trinajstić information content (AvgIpc) is 2.05. The number of rotatable bonds is 2. The molecule has 1 rings (SSSR count). The smallest absolute Gasteiger partial charge is 0.149 e. The number of halogens is 2. The van der Waals surface area contributed by atoms with Gasteiger partial charge in [-0.1, -0.05) is 11.6 Å². The van der Waals surface area contributed by atoms with Crippen LogP contribution in [-0.2, 0) is 0 Å². The van der Waals surface area contributed by atoms with Gasteiger partial charge in [-0.05, 0) is 18.4 Å². The molecule has 3 N–H and O–H groups in total. The predicted molar refractivity (Wildman–Crippen MR) is 51.0 cm³/mol. The Labute approximate surface area is 79.2 Å². The molecule has 0 fully saturated rings. The SMILES string of the molecule is CSc1cc(NN)c(F)cc1Cl. The third kappa shape index (κ3) is 1.83. The Bertz CT molecular complexity index is 268. The van der Waals surface area contributed by atoms with Crippen LogP contribution in [-0.4, -0.2) is 6.26 Å². The van der Waals surface area contributed by atoms with Gasteiger partial charge in [0.2, 0.25) is 0 Å². The highest BCUT2D eigenvalue weighted by Crippen LogP contribution is 2.29. The van der Waals surface area contributed by atoms with Gasteiger partial charge in [0.25, 0.3) is 0 Å². The number of hydrazine groups is 1. The molecule has 0 radical (unpaired) electrons. The minimum absolute atomic E-state index is 0.253. The first-order valence-corrected chi connectivity index (χ1v) is 4.79. The first kappa shape index (κ1) is 9.64. The minimum Gasteiger partial charge on any atom is -0.321 e. The average molecular weight is 207 g/mol. The Morgan fingerprint density at radius 3 is 2.75 bits per heavy atom. The largest absolute Gasteiger partial charge is 0.321 e. The Morgan fingerprint density at radius 1 is 1.58 bits per heavy atom. The van der Waals surface area contributed by atoms with Crippen LogP contribution in [0.3, 0.4) is 0 Å². The summed E-state index contributed by atoms with van der Waals surface area (Å²) in [5, 5.41) is 0.402. The molecule has 0 aromatic heterocycles. The molecule has 0 bridgehead atoms. The molecule has 0 heterocycles. The van der Waals surface area contributed by atoms with Crippen LogP contribution in [0.25, 0.3) is 0 Å². The molecule has 2 nitrogen and oxygen atoms in total.